The minimum Gasteiger partial charge on any atom is -0.463 e. The Kier molecular flexibility index (Phi) is 28.2. The van der Waals surface area contributed by atoms with Crippen LogP contribution in [0.2, 0.25) is 0 Å². The molecule has 0 N–H and O–H groups in total. The molecule has 0 saturated carbocycles. The normalized spacial score (nSPS) is 11.2. The molecular weight excluding hydrogens is 436 g/mol. The molecule has 0 aromatic rings. The van der Waals surface area contributed by atoms with Gasteiger partial charge in [-0.25, -0.2) is 0 Å². The summed E-state index contributed by atoms with van der Waals surface area (Å²) in [6, 6.07) is 0. The first kappa shape index (κ1) is 31.6. The van der Waals surface area contributed by atoms with Crippen LogP contribution in [0.3, 0.4) is 0 Å². The number of alkyl halides is 1. The van der Waals surface area contributed by atoms with Crippen LogP contribution < -0.4 is 0 Å². The second-order valence-corrected chi connectivity index (χ2v) is 7.93. The predicted octanol–water partition coefficient (Wildman–Crippen LogP) is 4.77. The standard InChI is InChI=1S/C24H47ClO7/c1-2-3-4-5-8-11-24(26)32-23-22-31-21-20-30-19-18-29-17-16-28-15-14-27-13-10-7-6-9-12-25/h2-23H2,1H3. The summed E-state index contributed by atoms with van der Waals surface area (Å²) in [5.74, 6) is 0.611. The molecule has 0 unspecified atom stereocenters. The average molecular weight is 483 g/mol. The van der Waals surface area contributed by atoms with Gasteiger partial charge < -0.3 is 28.4 Å². The van der Waals surface area contributed by atoms with E-state index in [-0.39, 0.29) is 5.97 Å². The number of carbonyl (C=O) groups is 1. The molecule has 0 aromatic heterocycles. The van der Waals surface area contributed by atoms with Crippen molar-refractivity contribution in [1.82, 2.24) is 0 Å². The van der Waals surface area contributed by atoms with Gasteiger partial charge in [0.2, 0.25) is 0 Å². The lowest BCUT2D eigenvalue weighted by atomic mass is 10.1. The van der Waals surface area contributed by atoms with Gasteiger partial charge in [-0.3, -0.25) is 4.79 Å². The first-order valence-corrected chi connectivity index (χ1v) is 12.9. The summed E-state index contributed by atoms with van der Waals surface area (Å²) in [5, 5.41) is 0. The van der Waals surface area contributed by atoms with E-state index in [0.29, 0.717) is 72.5 Å². The summed E-state index contributed by atoms with van der Waals surface area (Å²) in [6.07, 6.45) is 10.7. The van der Waals surface area contributed by atoms with Gasteiger partial charge in [0.25, 0.3) is 0 Å². The summed E-state index contributed by atoms with van der Waals surface area (Å²) in [7, 11) is 0. The zero-order valence-corrected chi connectivity index (χ0v) is 21.0. The third-order valence-electron chi connectivity index (χ3n) is 4.64. The Hall–Kier alpha value is -0.440. The largest absolute Gasteiger partial charge is 0.463 e. The maximum atomic E-state index is 11.5. The number of unbranched alkanes of at least 4 members (excludes halogenated alkanes) is 7. The first-order valence-electron chi connectivity index (χ1n) is 12.4. The first-order chi connectivity index (χ1) is 15.8. The number of hydrogen-bond acceptors (Lipinski definition) is 7. The lowest BCUT2D eigenvalue weighted by Crippen LogP contribution is -2.15. The highest BCUT2D eigenvalue weighted by molar-refractivity contribution is 6.17. The quantitative estimate of drug-likeness (QED) is 0.0947. The van der Waals surface area contributed by atoms with Crippen molar-refractivity contribution in [2.75, 3.05) is 78.6 Å². The topological polar surface area (TPSA) is 72.5 Å². The molecule has 0 spiro atoms. The maximum absolute atomic E-state index is 11.5. The van der Waals surface area contributed by atoms with Crippen LogP contribution in [-0.4, -0.2) is 84.5 Å². The molecule has 0 radical (unpaired) electrons. The summed E-state index contributed by atoms with van der Waals surface area (Å²) < 4.78 is 32.3. The number of carbonyl (C=O) groups excluding carboxylic acids is 1. The van der Waals surface area contributed by atoms with Gasteiger partial charge in [0.1, 0.15) is 6.61 Å². The van der Waals surface area contributed by atoms with Crippen LogP contribution in [0.4, 0.5) is 0 Å². The van der Waals surface area contributed by atoms with Gasteiger partial charge in [-0.2, -0.15) is 0 Å². The van der Waals surface area contributed by atoms with E-state index in [2.05, 4.69) is 6.92 Å². The average Bonchev–Trinajstić information content (AvgIpc) is 2.80. The van der Waals surface area contributed by atoms with Crippen LogP contribution in [0.1, 0.15) is 71.1 Å². The molecule has 0 rings (SSSR count). The number of halogens is 1. The lowest BCUT2D eigenvalue weighted by Gasteiger charge is -2.08. The molecule has 0 bridgehead atoms. The van der Waals surface area contributed by atoms with Crippen LogP contribution in [-0.2, 0) is 33.2 Å². The monoisotopic (exact) mass is 482 g/mol. The minimum atomic E-state index is -0.135. The number of hydrogen-bond donors (Lipinski definition) is 0. The van der Waals surface area contributed by atoms with Gasteiger partial charge in [0.15, 0.2) is 0 Å². The molecule has 0 heterocycles. The molecular formula is C24H47ClO7. The van der Waals surface area contributed by atoms with Crippen LogP contribution in [0.25, 0.3) is 0 Å². The minimum absolute atomic E-state index is 0.135. The van der Waals surface area contributed by atoms with Gasteiger partial charge in [0, 0.05) is 18.9 Å². The smallest absolute Gasteiger partial charge is 0.305 e. The third-order valence-corrected chi connectivity index (χ3v) is 4.90. The van der Waals surface area contributed by atoms with E-state index in [1.807, 2.05) is 0 Å². The van der Waals surface area contributed by atoms with Crippen molar-refractivity contribution in [3.8, 4) is 0 Å². The summed E-state index contributed by atoms with van der Waals surface area (Å²) in [4.78, 5) is 11.5. The fraction of sp³-hybridized carbons (Fsp3) is 0.958. The molecule has 0 atom stereocenters. The number of rotatable bonds is 27. The van der Waals surface area contributed by atoms with Crippen LogP contribution in [0.5, 0.6) is 0 Å². The molecule has 0 fully saturated rings. The predicted molar refractivity (Wildman–Crippen MR) is 128 cm³/mol. The van der Waals surface area contributed by atoms with Crippen LogP contribution in [0.15, 0.2) is 0 Å². The molecule has 8 heteroatoms. The van der Waals surface area contributed by atoms with E-state index in [1.165, 1.54) is 32.1 Å². The molecule has 0 aliphatic carbocycles. The second-order valence-electron chi connectivity index (χ2n) is 7.55. The fourth-order valence-corrected chi connectivity index (χ4v) is 2.98. The van der Waals surface area contributed by atoms with Crippen molar-refractivity contribution in [1.29, 1.82) is 0 Å². The SMILES string of the molecule is CCCCCCCC(=O)OCCOCCOCCOCCOCCOCCCCCCCl. The van der Waals surface area contributed by atoms with Crippen molar-refractivity contribution in [3.63, 3.8) is 0 Å². The van der Waals surface area contributed by atoms with Gasteiger partial charge in [-0.15, -0.1) is 11.6 Å². The van der Waals surface area contributed by atoms with E-state index in [4.69, 9.17) is 40.0 Å². The Bertz CT molecular complexity index is 372. The molecule has 0 aromatic carbocycles. The Morgan fingerprint density at radius 2 is 0.969 bits per heavy atom. The van der Waals surface area contributed by atoms with Crippen LogP contribution >= 0.6 is 11.6 Å². The highest BCUT2D eigenvalue weighted by atomic mass is 35.5. The molecule has 0 aliphatic heterocycles. The van der Waals surface area contributed by atoms with Gasteiger partial charge in [-0.05, 0) is 19.3 Å². The van der Waals surface area contributed by atoms with Crippen molar-refractivity contribution < 1.29 is 33.2 Å². The Morgan fingerprint density at radius 1 is 0.531 bits per heavy atom. The van der Waals surface area contributed by atoms with E-state index in [0.717, 1.165) is 38.2 Å². The summed E-state index contributed by atoms with van der Waals surface area (Å²) in [5.41, 5.74) is 0. The summed E-state index contributed by atoms with van der Waals surface area (Å²) >= 11 is 5.63. The van der Waals surface area contributed by atoms with Crippen molar-refractivity contribution >= 4 is 17.6 Å². The highest BCUT2D eigenvalue weighted by Gasteiger charge is 2.02. The molecule has 0 saturated heterocycles. The van der Waals surface area contributed by atoms with E-state index >= 15 is 0 Å². The number of ether oxygens (including phenoxy) is 6. The Morgan fingerprint density at radius 3 is 1.50 bits per heavy atom. The molecule has 7 nitrogen and oxygen atoms in total. The van der Waals surface area contributed by atoms with Gasteiger partial charge in [0.05, 0.1) is 59.5 Å². The van der Waals surface area contributed by atoms with Crippen molar-refractivity contribution in [2.45, 2.75) is 71.1 Å². The maximum Gasteiger partial charge on any atom is 0.305 e. The lowest BCUT2D eigenvalue weighted by molar-refractivity contribution is -0.145. The molecule has 192 valence electrons. The molecule has 0 amide bonds. The third kappa shape index (κ3) is 27.6. The fourth-order valence-electron chi connectivity index (χ4n) is 2.79. The zero-order valence-electron chi connectivity index (χ0n) is 20.3. The number of esters is 1. The van der Waals surface area contributed by atoms with Crippen molar-refractivity contribution in [3.05, 3.63) is 0 Å². The summed E-state index contributed by atoms with van der Waals surface area (Å²) in [6.45, 7) is 7.99. The highest BCUT2D eigenvalue weighted by Crippen LogP contribution is 2.05. The van der Waals surface area contributed by atoms with Crippen molar-refractivity contribution in [2.24, 2.45) is 0 Å². The molecule has 32 heavy (non-hydrogen) atoms. The Labute approximate surface area is 200 Å². The zero-order chi connectivity index (χ0) is 23.4. The molecule has 0 aliphatic rings. The second kappa shape index (κ2) is 28.6. The van der Waals surface area contributed by atoms with Crippen LogP contribution in [0, 0.1) is 0 Å². The van der Waals surface area contributed by atoms with E-state index in [1.54, 1.807) is 0 Å². The Balaban J connectivity index is 3.08. The van der Waals surface area contributed by atoms with E-state index < -0.39 is 0 Å². The van der Waals surface area contributed by atoms with Gasteiger partial charge >= 0.3 is 5.97 Å². The van der Waals surface area contributed by atoms with Gasteiger partial charge in [-0.1, -0.05) is 45.4 Å². The van der Waals surface area contributed by atoms with E-state index in [9.17, 15) is 4.79 Å².